The average Bonchev–Trinajstić information content (AvgIpc) is 2.84. The summed E-state index contributed by atoms with van der Waals surface area (Å²) in [4.78, 5) is 17.5. The van der Waals surface area contributed by atoms with Crippen molar-refractivity contribution >= 4 is 23.0 Å². The van der Waals surface area contributed by atoms with Crippen LogP contribution in [0, 0.1) is 0 Å². The van der Waals surface area contributed by atoms with E-state index in [1.807, 2.05) is 73.8 Å². The number of benzene rings is 3. The standard InChI is InChI=1S/C26H29N3O2/c1-28(21-8-4-3-5-9-21)25-11-7-6-10-24(25)26(30)27-20-16-18-29(19-17-20)22-12-14-23(31-2)15-13-22/h3-15,20H,16-19H2,1-2H3,(H,27,30). The van der Waals surface area contributed by atoms with Gasteiger partial charge in [-0.3, -0.25) is 4.79 Å². The molecule has 0 unspecified atom stereocenters. The van der Waals surface area contributed by atoms with Gasteiger partial charge in [0.25, 0.3) is 5.91 Å². The van der Waals surface area contributed by atoms with Gasteiger partial charge in [0.05, 0.1) is 18.4 Å². The molecule has 0 atom stereocenters. The van der Waals surface area contributed by atoms with Gasteiger partial charge in [-0.05, 0) is 61.4 Å². The van der Waals surface area contributed by atoms with Gasteiger partial charge in [0, 0.05) is 37.6 Å². The summed E-state index contributed by atoms with van der Waals surface area (Å²) >= 11 is 0. The molecule has 4 rings (SSSR count). The van der Waals surface area contributed by atoms with Crippen LogP contribution in [0.2, 0.25) is 0 Å². The van der Waals surface area contributed by atoms with Gasteiger partial charge in [-0.15, -0.1) is 0 Å². The fourth-order valence-corrected chi connectivity index (χ4v) is 4.09. The monoisotopic (exact) mass is 415 g/mol. The second-order valence-corrected chi connectivity index (χ2v) is 7.84. The predicted octanol–water partition coefficient (Wildman–Crippen LogP) is 4.86. The first kappa shape index (κ1) is 20.8. The molecule has 1 N–H and O–H groups in total. The summed E-state index contributed by atoms with van der Waals surface area (Å²) in [6.45, 7) is 1.84. The van der Waals surface area contributed by atoms with Gasteiger partial charge in [-0.1, -0.05) is 30.3 Å². The van der Waals surface area contributed by atoms with Gasteiger partial charge in [0.15, 0.2) is 0 Å². The lowest BCUT2D eigenvalue weighted by atomic mass is 10.0. The summed E-state index contributed by atoms with van der Waals surface area (Å²) < 4.78 is 5.24. The molecule has 0 saturated carbocycles. The first-order chi connectivity index (χ1) is 15.2. The molecule has 31 heavy (non-hydrogen) atoms. The van der Waals surface area contributed by atoms with Crippen molar-refractivity contribution in [3.05, 3.63) is 84.4 Å². The molecule has 3 aromatic carbocycles. The lowest BCUT2D eigenvalue weighted by Crippen LogP contribution is -2.44. The van der Waals surface area contributed by atoms with Gasteiger partial charge in [-0.2, -0.15) is 0 Å². The molecule has 5 nitrogen and oxygen atoms in total. The summed E-state index contributed by atoms with van der Waals surface area (Å²) in [5.74, 6) is 0.853. The maximum absolute atomic E-state index is 13.1. The average molecular weight is 416 g/mol. The van der Waals surface area contributed by atoms with E-state index in [2.05, 4.69) is 27.2 Å². The van der Waals surface area contributed by atoms with Crippen molar-refractivity contribution in [1.82, 2.24) is 5.32 Å². The van der Waals surface area contributed by atoms with Crippen LogP contribution in [0.1, 0.15) is 23.2 Å². The third-order valence-corrected chi connectivity index (χ3v) is 5.92. The minimum atomic E-state index is -0.0127. The molecule has 1 saturated heterocycles. The number of carbonyl (C=O) groups is 1. The Balaban J connectivity index is 1.39. The van der Waals surface area contributed by atoms with Crippen LogP contribution in [0.4, 0.5) is 17.1 Å². The van der Waals surface area contributed by atoms with Crippen molar-refractivity contribution in [3.63, 3.8) is 0 Å². The van der Waals surface area contributed by atoms with Crippen molar-refractivity contribution in [1.29, 1.82) is 0 Å². The molecule has 0 aromatic heterocycles. The molecule has 0 bridgehead atoms. The number of methoxy groups -OCH3 is 1. The van der Waals surface area contributed by atoms with Gasteiger partial charge >= 0.3 is 0 Å². The molecule has 1 fully saturated rings. The summed E-state index contributed by atoms with van der Waals surface area (Å²) in [6.07, 6.45) is 1.85. The van der Waals surface area contributed by atoms with Crippen LogP contribution in [0.5, 0.6) is 5.75 Å². The number of rotatable bonds is 6. The molecular weight excluding hydrogens is 386 g/mol. The number of hydrogen-bond donors (Lipinski definition) is 1. The molecule has 0 radical (unpaired) electrons. The molecule has 160 valence electrons. The fraction of sp³-hybridized carbons (Fsp3) is 0.269. The second-order valence-electron chi connectivity index (χ2n) is 7.84. The number of nitrogens with one attached hydrogen (secondary N) is 1. The van der Waals surface area contributed by atoms with Crippen molar-refractivity contribution in [3.8, 4) is 5.75 Å². The summed E-state index contributed by atoms with van der Waals surface area (Å²) in [7, 11) is 3.67. The summed E-state index contributed by atoms with van der Waals surface area (Å²) in [5.41, 5.74) is 3.85. The van der Waals surface area contributed by atoms with Crippen molar-refractivity contribution in [2.75, 3.05) is 37.0 Å². The molecule has 3 aromatic rings. The highest BCUT2D eigenvalue weighted by molar-refractivity contribution is 6.00. The largest absolute Gasteiger partial charge is 0.497 e. The highest BCUT2D eigenvalue weighted by Crippen LogP contribution is 2.27. The van der Waals surface area contributed by atoms with E-state index in [-0.39, 0.29) is 11.9 Å². The maximum Gasteiger partial charge on any atom is 0.253 e. The highest BCUT2D eigenvalue weighted by atomic mass is 16.5. The minimum absolute atomic E-state index is 0.0127. The third kappa shape index (κ3) is 4.82. The molecular formula is C26H29N3O2. The zero-order valence-corrected chi connectivity index (χ0v) is 18.1. The number of amides is 1. The van der Waals surface area contributed by atoms with Crippen LogP contribution in [0.25, 0.3) is 0 Å². The van der Waals surface area contributed by atoms with Crippen LogP contribution in [0.15, 0.2) is 78.9 Å². The topological polar surface area (TPSA) is 44.8 Å². The molecule has 1 heterocycles. The fourth-order valence-electron chi connectivity index (χ4n) is 4.09. The number of carbonyl (C=O) groups excluding carboxylic acids is 1. The number of nitrogens with zero attached hydrogens (tertiary/aromatic N) is 2. The number of anilines is 3. The SMILES string of the molecule is COc1ccc(N2CCC(NC(=O)c3ccccc3N(C)c3ccccc3)CC2)cc1. The normalized spacial score (nSPS) is 14.2. The van der Waals surface area contributed by atoms with E-state index in [4.69, 9.17) is 4.74 Å². The highest BCUT2D eigenvalue weighted by Gasteiger charge is 2.23. The van der Waals surface area contributed by atoms with Gasteiger partial charge in [0.1, 0.15) is 5.75 Å². The van der Waals surface area contributed by atoms with Crippen LogP contribution in [0.3, 0.4) is 0 Å². The van der Waals surface area contributed by atoms with Crippen LogP contribution in [-0.2, 0) is 0 Å². The Morgan fingerprint density at radius 3 is 2.26 bits per heavy atom. The van der Waals surface area contributed by atoms with Crippen LogP contribution in [-0.4, -0.2) is 39.2 Å². The quantitative estimate of drug-likeness (QED) is 0.624. The first-order valence-electron chi connectivity index (χ1n) is 10.7. The molecule has 5 heteroatoms. The van der Waals surface area contributed by atoms with E-state index >= 15 is 0 Å². The summed E-state index contributed by atoms with van der Waals surface area (Å²) in [6, 6.07) is 26.2. The van der Waals surface area contributed by atoms with E-state index < -0.39 is 0 Å². The zero-order chi connectivity index (χ0) is 21.6. The summed E-state index contributed by atoms with van der Waals surface area (Å²) in [5, 5.41) is 3.26. The number of piperidine rings is 1. The van der Waals surface area contributed by atoms with E-state index in [0.29, 0.717) is 5.56 Å². The molecule has 1 amide bonds. The Bertz CT molecular complexity index is 997. The smallest absolute Gasteiger partial charge is 0.253 e. The van der Waals surface area contributed by atoms with Crippen LogP contribution >= 0.6 is 0 Å². The zero-order valence-electron chi connectivity index (χ0n) is 18.1. The van der Waals surface area contributed by atoms with Crippen molar-refractivity contribution in [2.24, 2.45) is 0 Å². The molecule has 1 aliphatic rings. The maximum atomic E-state index is 13.1. The van der Waals surface area contributed by atoms with E-state index in [0.717, 1.165) is 43.1 Å². The Kier molecular flexibility index (Phi) is 6.41. The number of para-hydroxylation sites is 2. The lowest BCUT2D eigenvalue weighted by Gasteiger charge is -2.34. The number of hydrogen-bond acceptors (Lipinski definition) is 4. The van der Waals surface area contributed by atoms with Crippen molar-refractivity contribution < 1.29 is 9.53 Å². The second kappa shape index (κ2) is 9.56. The third-order valence-electron chi connectivity index (χ3n) is 5.92. The minimum Gasteiger partial charge on any atom is -0.497 e. The Morgan fingerprint density at radius 1 is 0.935 bits per heavy atom. The lowest BCUT2D eigenvalue weighted by molar-refractivity contribution is 0.0931. The van der Waals surface area contributed by atoms with Gasteiger partial charge in [0.2, 0.25) is 0 Å². The Morgan fingerprint density at radius 2 is 1.58 bits per heavy atom. The van der Waals surface area contributed by atoms with Crippen LogP contribution < -0.4 is 19.9 Å². The molecule has 1 aliphatic heterocycles. The first-order valence-corrected chi connectivity index (χ1v) is 10.7. The van der Waals surface area contributed by atoms with E-state index in [1.54, 1.807) is 7.11 Å². The van der Waals surface area contributed by atoms with Gasteiger partial charge in [-0.25, -0.2) is 0 Å². The Labute approximate surface area is 184 Å². The van der Waals surface area contributed by atoms with E-state index in [9.17, 15) is 4.79 Å². The Hall–Kier alpha value is -3.47. The van der Waals surface area contributed by atoms with Gasteiger partial charge < -0.3 is 19.9 Å². The van der Waals surface area contributed by atoms with Crippen molar-refractivity contribution in [2.45, 2.75) is 18.9 Å². The number of ether oxygens (including phenoxy) is 1. The molecule has 0 spiro atoms. The molecule has 0 aliphatic carbocycles. The van der Waals surface area contributed by atoms with E-state index in [1.165, 1.54) is 5.69 Å². The predicted molar refractivity (Wildman–Crippen MR) is 127 cm³/mol.